The average Bonchev–Trinajstić information content (AvgIpc) is 2.95. The van der Waals surface area contributed by atoms with Crippen LogP contribution in [0.3, 0.4) is 0 Å². The predicted octanol–water partition coefficient (Wildman–Crippen LogP) is 1.57. The maximum absolute atomic E-state index is 11.5. The molecule has 2 N–H and O–H groups in total. The molecule has 1 aromatic rings. The first kappa shape index (κ1) is 11.2. The van der Waals surface area contributed by atoms with Gasteiger partial charge in [-0.2, -0.15) is 0 Å². The molecule has 0 amide bonds. The highest BCUT2D eigenvalue weighted by Gasteiger charge is 2.27. The molecule has 1 saturated carbocycles. The van der Waals surface area contributed by atoms with Crippen LogP contribution in [0.5, 0.6) is 0 Å². The fourth-order valence-electron chi connectivity index (χ4n) is 2.50. The van der Waals surface area contributed by atoms with Crippen molar-refractivity contribution in [1.82, 2.24) is 4.57 Å². The Labute approximate surface area is 95.4 Å². The van der Waals surface area contributed by atoms with Crippen LogP contribution in [-0.4, -0.2) is 24.2 Å². The Morgan fingerprint density at radius 2 is 2.44 bits per heavy atom. The Kier molecular flexibility index (Phi) is 3.29. The molecule has 16 heavy (non-hydrogen) atoms. The van der Waals surface area contributed by atoms with E-state index >= 15 is 0 Å². The lowest BCUT2D eigenvalue weighted by atomic mass is 10.1. The summed E-state index contributed by atoms with van der Waals surface area (Å²) in [7, 11) is 1.41. The summed E-state index contributed by atoms with van der Waals surface area (Å²) in [5.41, 5.74) is 6.32. The second-order valence-electron chi connectivity index (χ2n) is 4.36. The second kappa shape index (κ2) is 4.70. The first-order valence-corrected chi connectivity index (χ1v) is 5.71. The van der Waals surface area contributed by atoms with E-state index in [2.05, 4.69) is 0 Å². The van der Waals surface area contributed by atoms with Gasteiger partial charge in [-0.3, -0.25) is 0 Å². The maximum atomic E-state index is 11.5. The maximum Gasteiger partial charge on any atom is 0.354 e. The molecule has 2 atom stereocenters. The summed E-state index contributed by atoms with van der Waals surface area (Å²) in [5.74, 6) is 0.332. The second-order valence-corrected chi connectivity index (χ2v) is 4.36. The first-order chi connectivity index (χ1) is 7.76. The molecule has 1 fully saturated rings. The van der Waals surface area contributed by atoms with Crippen molar-refractivity contribution >= 4 is 5.97 Å². The number of esters is 1. The molecule has 2 rings (SSSR count). The van der Waals surface area contributed by atoms with E-state index in [1.807, 2.05) is 22.9 Å². The molecule has 1 heterocycles. The Morgan fingerprint density at radius 3 is 3.06 bits per heavy atom. The normalized spacial score (nSPS) is 24.6. The van der Waals surface area contributed by atoms with Crippen molar-refractivity contribution in [3.8, 4) is 0 Å². The molecule has 0 spiro atoms. The molecular formula is C12H18N2O2. The fraction of sp³-hybridized carbons (Fsp3) is 0.583. The number of aromatic nitrogens is 1. The molecule has 0 saturated heterocycles. The number of carbonyl (C=O) groups excluding carboxylic acids is 1. The van der Waals surface area contributed by atoms with Gasteiger partial charge < -0.3 is 15.0 Å². The third kappa shape index (κ3) is 1.97. The van der Waals surface area contributed by atoms with Crippen molar-refractivity contribution in [3.63, 3.8) is 0 Å². The van der Waals surface area contributed by atoms with Gasteiger partial charge in [-0.15, -0.1) is 0 Å². The van der Waals surface area contributed by atoms with Crippen LogP contribution in [-0.2, 0) is 4.74 Å². The van der Waals surface area contributed by atoms with E-state index in [9.17, 15) is 4.79 Å². The molecule has 2 unspecified atom stereocenters. The van der Waals surface area contributed by atoms with Gasteiger partial charge in [0.15, 0.2) is 0 Å². The van der Waals surface area contributed by atoms with E-state index in [0.29, 0.717) is 17.7 Å². The summed E-state index contributed by atoms with van der Waals surface area (Å²) in [6, 6.07) is 4.10. The van der Waals surface area contributed by atoms with Gasteiger partial charge in [-0.05, 0) is 43.9 Å². The number of rotatable bonds is 3. The standard InChI is InChI=1S/C12H18N2O2/c1-16-12(15)11-3-2-6-14(11)10-5-4-9(7-10)8-13/h2-3,6,9-10H,4-5,7-8,13H2,1H3. The number of hydrogen-bond acceptors (Lipinski definition) is 3. The Morgan fingerprint density at radius 1 is 1.62 bits per heavy atom. The Balaban J connectivity index is 2.15. The van der Waals surface area contributed by atoms with Gasteiger partial charge in [0.1, 0.15) is 5.69 Å². The lowest BCUT2D eigenvalue weighted by molar-refractivity contribution is 0.0586. The minimum absolute atomic E-state index is 0.263. The number of nitrogens with zero attached hydrogens (tertiary/aromatic N) is 1. The highest BCUT2D eigenvalue weighted by Crippen LogP contribution is 2.34. The molecule has 0 aliphatic heterocycles. The molecule has 1 aliphatic rings. The van der Waals surface area contributed by atoms with Crippen LogP contribution < -0.4 is 5.73 Å². The zero-order chi connectivity index (χ0) is 11.5. The van der Waals surface area contributed by atoms with E-state index in [0.717, 1.165) is 25.8 Å². The molecule has 4 nitrogen and oxygen atoms in total. The number of methoxy groups -OCH3 is 1. The van der Waals surface area contributed by atoms with E-state index in [4.69, 9.17) is 10.5 Å². The molecule has 4 heteroatoms. The largest absolute Gasteiger partial charge is 0.464 e. The number of ether oxygens (including phenoxy) is 1. The monoisotopic (exact) mass is 222 g/mol. The molecule has 1 aromatic heterocycles. The van der Waals surface area contributed by atoms with Crippen LogP contribution in [0, 0.1) is 5.92 Å². The molecule has 0 bridgehead atoms. The van der Waals surface area contributed by atoms with Gasteiger partial charge in [0.2, 0.25) is 0 Å². The van der Waals surface area contributed by atoms with Gasteiger partial charge in [0.25, 0.3) is 0 Å². The van der Waals surface area contributed by atoms with Crippen molar-refractivity contribution in [2.24, 2.45) is 11.7 Å². The molecule has 0 radical (unpaired) electrons. The topological polar surface area (TPSA) is 57.2 Å². The van der Waals surface area contributed by atoms with E-state index in [-0.39, 0.29) is 5.97 Å². The van der Waals surface area contributed by atoms with Crippen LogP contribution in [0.2, 0.25) is 0 Å². The summed E-state index contributed by atoms with van der Waals surface area (Å²) in [4.78, 5) is 11.5. The third-order valence-electron chi connectivity index (χ3n) is 3.41. The smallest absolute Gasteiger partial charge is 0.354 e. The van der Waals surface area contributed by atoms with Crippen LogP contribution in [0.1, 0.15) is 35.8 Å². The molecular weight excluding hydrogens is 204 g/mol. The summed E-state index contributed by atoms with van der Waals surface area (Å²) in [5, 5.41) is 0. The van der Waals surface area contributed by atoms with E-state index in [1.165, 1.54) is 7.11 Å². The minimum Gasteiger partial charge on any atom is -0.464 e. The first-order valence-electron chi connectivity index (χ1n) is 5.71. The van der Waals surface area contributed by atoms with Crippen molar-refractivity contribution in [3.05, 3.63) is 24.0 Å². The number of hydrogen-bond donors (Lipinski definition) is 1. The predicted molar refractivity (Wildman–Crippen MR) is 61.2 cm³/mol. The van der Waals surface area contributed by atoms with Crippen molar-refractivity contribution in [2.45, 2.75) is 25.3 Å². The van der Waals surface area contributed by atoms with Crippen LogP contribution in [0.15, 0.2) is 18.3 Å². The highest BCUT2D eigenvalue weighted by atomic mass is 16.5. The number of carbonyl (C=O) groups is 1. The Bertz CT molecular complexity index is 373. The lowest BCUT2D eigenvalue weighted by Gasteiger charge is -2.15. The molecule has 88 valence electrons. The zero-order valence-electron chi connectivity index (χ0n) is 9.56. The quantitative estimate of drug-likeness (QED) is 0.790. The van der Waals surface area contributed by atoms with Gasteiger partial charge >= 0.3 is 5.97 Å². The van der Waals surface area contributed by atoms with Crippen molar-refractivity contribution in [2.75, 3.05) is 13.7 Å². The molecule has 1 aliphatic carbocycles. The van der Waals surface area contributed by atoms with Crippen LogP contribution >= 0.6 is 0 Å². The van der Waals surface area contributed by atoms with Crippen molar-refractivity contribution in [1.29, 1.82) is 0 Å². The van der Waals surface area contributed by atoms with Crippen LogP contribution in [0.25, 0.3) is 0 Å². The van der Waals surface area contributed by atoms with Gasteiger partial charge in [-0.25, -0.2) is 4.79 Å². The lowest BCUT2D eigenvalue weighted by Crippen LogP contribution is -2.15. The summed E-state index contributed by atoms with van der Waals surface area (Å²) >= 11 is 0. The highest BCUT2D eigenvalue weighted by molar-refractivity contribution is 5.87. The van der Waals surface area contributed by atoms with Crippen LogP contribution in [0.4, 0.5) is 0 Å². The van der Waals surface area contributed by atoms with Crippen molar-refractivity contribution < 1.29 is 9.53 Å². The minimum atomic E-state index is -0.263. The summed E-state index contributed by atoms with van der Waals surface area (Å²) < 4.78 is 6.79. The van der Waals surface area contributed by atoms with Gasteiger partial charge in [-0.1, -0.05) is 0 Å². The molecule has 0 aromatic carbocycles. The van der Waals surface area contributed by atoms with Gasteiger partial charge in [0, 0.05) is 12.2 Å². The fourth-order valence-corrected chi connectivity index (χ4v) is 2.50. The van der Waals surface area contributed by atoms with E-state index < -0.39 is 0 Å². The number of nitrogens with two attached hydrogens (primary N) is 1. The summed E-state index contributed by atoms with van der Waals surface area (Å²) in [6.07, 6.45) is 5.27. The third-order valence-corrected chi connectivity index (χ3v) is 3.41. The van der Waals surface area contributed by atoms with E-state index in [1.54, 1.807) is 0 Å². The average molecular weight is 222 g/mol. The zero-order valence-corrected chi connectivity index (χ0v) is 9.56. The van der Waals surface area contributed by atoms with Gasteiger partial charge in [0.05, 0.1) is 7.11 Å². The SMILES string of the molecule is COC(=O)c1cccn1C1CCC(CN)C1. The Hall–Kier alpha value is -1.29. The summed E-state index contributed by atoms with van der Waals surface area (Å²) in [6.45, 7) is 0.741.